The molecule has 0 saturated heterocycles. The van der Waals surface area contributed by atoms with E-state index in [1.54, 1.807) is 0 Å². The molecule has 2 radical (unpaired) electrons. The van der Waals surface area contributed by atoms with E-state index in [-0.39, 0.29) is 0 Å². The quantitative estimate of drug-likeness (QED) is 0.536. The Morgan fingerprint density at radius 1 is 0.909 bits per heavy atom. The van der Waals surface area contributed by atoms with Crippen molar-refractivity contribution in [3.63, 3.8) is 0 Å². The average Bonchev–Trinajstić information content (AvgIpc) is 1.85. The molecule has 2 nitrogen and oxygen atoms in total. The molecule has 0 unspecified atom stereocenters. The van der Waals surface area contributed by atoms with Crippen LogP contribution in [0.25, 0.3) is 0 Å². The monoisotopic (exact) mass is 354 g/mol. The Kier molecular flexibility index (Phi) is 8.06. The van der Waals surface area contributed by atoms with Gasteiger partial charge < -0.3 is 0 Å². The minimum atomic E-state index is -1.12. The summed E-state index contributed by atoms with van der Waals surface area (Å²) in [5.41, 5.74) is 0. The molecule has 0 bridgehead atoms. The Bertz CT molecular complexity index is 74.2. The zero-order valence-corrected chi connectivity index (χ0v) is 11.8. The molecule has 0 N–H and O–H groups in total. The molecule has 0 aliphatic rings. The van der Waals surface area contributed by atoms with E-state index in [0.29, 0.717) is 11.8 Å². The zero-order chi connectivity index (χ0) is 8.69. The molecule has 11 heavy (non-hydrogen) atoms. The second-order valence-electron chi connectivity index (χ2n) is 3.49. The van der Waals surface area contributed by atoms with Gasteiger partial charge in [0.05, 0.1) is 0 Å². The van der Waals surface area contributed by atoms with Gasteiger partial charge in [0.25, 0.3) is 0 Å². The molecule has 0 atom stereocenters. The number of hydrogen-bond donors (Lipinski definition) is 0. The van der Waals surface area contributed by atoms with Crippen LogP contribution in [0.4, 0.5) is 0 Å². The van der Waals surface area contributed by atoms with Gasteiger partial charge >= 0.3 is 83.3 Å². The van der Waals surface area contributed by atoms with E-state index >= 15 is 0 Å². The van der Waals surface area contributed by atoms with Crippen molar-refractivity contribution in [3.05, 3.63) is 0 Å². The van der Waals surface area contributed by atoms with Crippen LogP contribution in [-0.4, -0.2) is 38.4 Å². The molecule has 3 heteroatoms. The first kappa shape index (κ1) is 11.8. The summed E-state index contributed by atoms with van der Waals surface area (Å²) in [6.07, 6.45) is 0. The summed E-state index contributed by atoms with van der Waals surface area (Å²) in [6, 6.07) is 0. The Balaban J connectivity index is 2.91. The van der Waals surface area contributed by atoms with Crippen LogP contribution in [0.3, 0.4) is 0 Å². The maximum absolute atomic E-state index is 5.42. The fourth-order valence-electron chi connectivity index (χ4n) is 0.443. The zero-order valence-electron chi connectivity index (χ0n) is 7.89. The third-order valence-electron chi connectivity index (χ3n) is 0.951. The van der Waals surface area contributed by atoms with Gasteiger partial charge in [-0.2, -0.15) is 0 Å². The molecule has 0 aromatic carbocycles. The van der Waals surface area contributed by atoms with Crippen LogP contribution >= 0.6 is 0 Å². The Labute approximate surface area is 83.2 Å². The van der Waals surface area contributed by atoms with Crippen molar-refractivity contribution in [2.75, 3.05) is 13.2 Å². The second-order valence-corrected chi connectivity index (χ2v) is 6.39. The second kappa shape index (κ2) is 7.49. The standard InChI is InChI=1S/2C4H9O.Pb/c2*1-4(2)3-5;/h2*4H,3H2,1-2H3;/q2*-1;+2. The SMILES string of the molecule is CC(C)C[O][Pb][O]CC(C)C. The first-order valence-electron chi connectivity index (χ1n) is 4.11. The van der Waals surface area contributed by atoms with Gasteiger partial charge in [-0.15, -0.1) is 0 Å². The molecule has 0 rings (SSSR count). The Morgan fingerprint density at radius 2 is 1.27 bits per heavy atom. The van der Waals surface area contributed by atoms with Crippen LogP contribution in [0.1, 0.15) is 27.7 Å². The third kappa shape index (κ3) is 10.8. The van der Waals surface area contributed by atoms with Crippen molar-refractivity contribution in [2.45, 2.75) is 27.7 Å². The minimum absolute atomic E-state index is 0.644. The molecule has 0 aliphatic carbocycles. The predicted octanol–water partition coefficient (Wildman–Crippen LogP) is 1.87. The summed E-state index contributed by atoms with van der Waals surface area (Å²) >= 11 is -1.12. The average molecular weight is 353 g/mol. The molecule has 0 aromatic heterocycles. The van der Waals surface area contributed by atoms with E-state index in [0.717, 1.165) is 13.2 Å². The molecule has 0 aliphatic heterocycles. The van der Waals surface area contributed by atoms with Crippen molar-refractivity contribution in [1.29, 1.82) is 0 Å². The van der Waals surface area contributed by atoms with Gasteiger partial charge in [-0.05, 0) is 0 Å². The molecular formula is C8H18O2Pb. The summed E-state index contributed by atoms with van der Waals surface area (Å²) in [4.78, 5) is 0. The summed E-state index contributed by atoms with van der Waals surface area (Å²) in [5, 5.41) is 0. The van der Waals surface area contributed by atoms with Gasteiger partial charge in [-0.1, -0.05) is 0 Å². The van der Waals surface area contributed by atoms with Crippen LogP contribution in [0.2, 0.25) is 0 Å². The van der Waals surface area contributed by atoms with Crippen molar-refractivity contribution >= 4 is 25.1 Å². The normalized spacial score (nSPS) is 11.5. The maximum atomic E-state index is 5.42. The molecular weight excluding hydrogens is 335 g/mol. The summed E-state index contributed by atoms with van der Waals surface area (Å²) < 4.78 is 10.8. The van der Waals surface area contributed by atoms with Gasteiger partial charge in [0.15, 0.2) is 0 Å². The van der Waals surface area contributed by atoms with Crippen LogP contribution in [-0.2, 0) is 5.37 Å². The van der Waals surface area contributed by atoms with Crippen LogP contribution < -0.4 is 0 Å². The molecule has 0 fully saturated rings. The van der Waals surface area contributed by atoms with E-state index in [2.05, 4.69) is 27.7 Å². The topological polar surface area (TPSA) is 18.5 Å². The third-order valence-corrected chi connectivity index (χ3v) is 3.16. The van der Waals surface area contributed by atoms with E-state index in [4.69, 9.17) is 5.37 Å². The molecule has 66 valence electrons. The number of hydrogen-bond acceptors (Lipinski definition) is 2. The van der Waals surface area contributed by atoms with Gasteiger partial charge in [0.2, 0.25) is 0 Å². The first-order chi connectivity index (χ1) is 5.13. The van der Waals surface area contributed by atoms with Gasteiger partial charge in [0, 0.05) is 0 Å². The van der Waals surface area contributed by atoms with E-state index in [1.165, 1.54) is 0 Å². The molecule has 0 amide bonds. The summed E-state index contributed by atoms with van der Waals surface area (Å²) in [7, 11) is 0. The molecule has 0 spiro atoms. The molecule has 0 saturated carbocycles. The fourth-order valence-corrected chi connectivity index (χ4v) is 3.89. The Morgan fingerprint density at radius 3 is 1.55 bits per heavy atom. The van der Waals surface area contributed by atoms with Gasteiger partial charge in [0.1, 0.15) is 0 Å². The van der Waals surface area contributed by atoms with E-state index in [1.807, 2.05) is 0 Å². The van der Waals surface area contributed by atoms with Crippen molar-refractivity contribution < 1.29 is 5.37 Å². The Hall–Kier alpha value is 0.842. The number of rotatable bonds is 6. The fraction of sp³-hybridized carbons (Fsp3) is 1.00. The van der Waals surface area contributed by atoms with Crippen molar-refractivity contribution in [3.8, 4) is 0 Å². The van der Waals surface area contributed by atoms with E-state index < -0.39 is 25.1 Å². The van der Waals surface area contributed by atoms with Crippen LogP contribution in [0.5, 0.6) is 0 Å². The van der Waals surface area contributed by atoms with Crippen LogP contribution in [0.15, 0.2) is 0 Å². The van der Waals surface area contributed by atoms with Crippen molar-refractivity contribution in [1.82, 2.24) is 0 Å². The van der Waals surface area contributed by atoms with Gasteiger partial charge in [-0.3, -0.25) is 0 Å². The predicted molar refractivity (Wildman–Crippen MR) is 47.3 cm³/mol. The first-order valence-corrected chi connectivity index (χ1v) is 7.29. The van der Waals surface area contributed by atoms with E-state index in [9.17, 15) is 0 Å². The van der Waals surface area contributed by atoms with Gasteiger partial charge in [-0.25, -0.2) is 0 Å². The summed E-state index contributed by atoms with van der Waals surface area (Å²) in [6.45, 7) is 10.4. The van der Waals surface area contributed by atoms with Crippen molar-refractivity contribution in [2.24, 2.45) is 11.8 Å². The molecule has 0 aromatic rings. The van der Waals surface area contributed by atoms with Crippen LogP contribution in [0, 0.1) is 11.8 Å². The molecule has 0 heterocycles. The summed E-state index contributed by atoms with van der Waals surface area (Å²) in [5.74, 6) is 1.29.